The van der Waals surface area contributed by atoms with Gasteiger partial charge in [-0.1, -0.05) is 17.9 Å². The number of carboxylic acids is 1. The monoisotopic (exact) mass is 285 g/mol. The second-order valence-electron chi connectivity index (χ2n) is 4.02. The van der Waals surface area contributed by atoms with Crippen molar-refractivity contribution in [2.45, 2.75) is 0 Å². The molecule has 0 saturated heterocycles. The topological polar surface area (TPSA) is 80.4 Å². The molecule has 0 saturated carbocycles. The lowest BCUT2D eigenvalue weighted by atomic mass is 10.1. The van der Waals surface area contributed by atoms with Crippen LogP contribution in [0, 0.1) is 27.8 Å². The molecule has 1 N–H and O–H groups in total. The van der Waals surface area contributed by atoms with Gasteiger partial charge in [0.1, 0.15) is 11.4 Å². The molecule has 0 amide bonds. The van der Waals surface area contributed by atoms with Gasteiger partial charge in [-0.3, -0.25) is 10.1 Å². The van der Waals surface area contributed by atoms with Crippen molar-refractivity contribution in [3.63, 3.8) is 0 Å². The summed E-state index contributed by atoms with van der Waals surface area (Å²) in [6, 6.07) is 8.90. The van der Waals surface area contributed by atoms with Crippen molar-refractivity contribution in [1.82, 2.24) is 0 Å². The summed E-state index contributed by atoms with van der Waals surface area (Å²) in [6.07, 6.45) is 0. The van der Waals surface area contributed by atoms with Crippen molar-refractivity contribution >= 4 is 11.7 Å². The van der Waals surface area contributed by atoms with Gasteiger partial charge in [0.25, 0.3) is 5.69 Å². The summed E-state index contributed by atoms with van der Waals surface area (Å²) < 4.78 is 12.8. The summed E-state index contributed by atoms with van der Waals surface area (Å²) in [5, 5.41) is 20.0. The maximum atomic E-state index is 12.8. The molecule has 2 rings (SSSR count). The minimum Gasteiger partial charge on any atom is -0.478 e. The zero-order chi connectivity index (χ0) is 15.4. The van der Waals surface area contributed by atoms with Crippen molar-refractivity contribution in [2.75, 3.05) is 0 Å². The van der Waals surface area contributed by atoms with Crippen LogP contribution in [0.1, 0.15) is 21.5 Å². The van der Waals surface area contributed by atoms with E-state index < -0.39 is 16.7 Å². The molecule has 104 valence electrons. The molecule has 0 aliphatic carbocycles. The molecular formula is C15H8FNO4. The summed E-state index contributed by atoms with van der Waals surface area (Å²) in [4.78, 5) is 21.4. The fraction of sp³-hybridized carbons (Fsp3) is 0. The quantitative estimate of drug-likeness (QED) is 0.522. The number of hydrogen-bond donors (Lipinski definition) is 1. The van der Waals surface area contributed by atoms with Crippen molar-refractivity contribution in [2.24, 2.45) is 0 Å². The smallest absolute Gasteiger partial charge is 0.337 e. The van der Waals surface area contributed by atoms with Gasteiger partial charge < -0.3 is 5.11 Å². The van der Waals surface area contributed by atoms with Gasteiger partial charge in [-0.2, -0.15) is 0 Å². The van der Waals surface area contributed by atoms with Crippen LogP contribution in [0.15, 0.2) is 42.5 Å². The Morgan fingerprint density at radius 2 is 1.81 bits per heavy atom. The van der Waals surface area contributed by atoms with Crippen LogP contribution in [0.3, 0.4) is 0 Å². The number of nitrogens with zero attached hydrogens (tertiary/aromatic N) is 1. The third-order valence-electron chi connectivity index (χ3n) is 2.65. The first kappa shape index (κ1) is 14.2. The highest BCUT2D eigenvalue weighted by Gasteiger charge is 2.19. The normalized spacial score (nSPS) is 9.57. The number of halogens is 1. The molecule has 0 bridgehead atoms. The first-order chi connectivity index (χ1) is 9.99. The molecule has 0 fully saturated rings. The molecule has 0 spiro atoms. The average molecular weight is 285 g/mol. The van der Waals surface area contributed by atoms with Crippen LogP contribution in [0.2, 0.25) is 0 Å². The van der Waals surface area contributed by atoms with Gasteiger partial charge in [-0.05, 0) is 30.3 Å². The summed E-state index contributed by atoms with van der Waals surface area (Å²) in [6.45, 7) is 0. The predicted octanol–water partition coefficient (Wildman–Crippen LogP) is 2.83. The number of carboxylic acid groups (broad SMARTS) is 1. The molecule has 2 aromatic rings. The Balaban J connectivity index is 2.55. The van der Waals surface area contributed by atoms with Crippen LogP contribution in [-0.2, 0) is 0 Å². The zero-order valence-corrected chi connectivity index (χ0v) is 10.5. The third-order valence-corrected chi connectivity index (χ3v) is 2.65. The van der Waals surface area contributed by atoms with Crippen LogP contribution in [0.4, 0.5) is 10.1 Å². The van der Waals surface area contributed by atoms with Crippen LogP contribution in [0.5, 0.6) is 0 Å². The number of nitro benzene ring substituents is 1. The van der Waals surface area contributed by atoms with Gasteiger partial charge in [0.05, 0.1) is 10.5 Å². The van der Waals surface area contributed by atoms with E-state index in [-0.39, 0.29) is 16.8 Å². The lowest BCUT2D eigenvalue weighted by Crippen LogP contribution is -2.03. The van der Waals surface area contributed by atoms with E-state index in [2.05, 4.69) is 11.8 Å². The first-order valence-corrected chi connectivity index (χ1v) is 5.77. The molecular weight excluding hydrogens is 277 g/mol. The Morgan fingerprint density at radius 1 is 1.14 bits per heavy atom. The molecule has 5 nitrogen and oxygen atoms in total. The number of hydrogen-bond acceptors (Lipinski definition) is 3. The van der Waals surface area contributed by atoms with Crippen LogP contribution in [0.25, 0.3) is 0 Å². The zero-order valence-electron chi connectivity index (χ0n) is 10.5. The minimum absolute atomic E-state index is 0.181. The van der Waals surface area contributed by atoms with E-state index in [9.17, 15) is 19.3 Å². The number of aromatic carboxylic acids is 1. The maximum absolute atomic E-state index is 12.8. The second kappa shape index (κ2) is 5.84. The van der Waals surface area contributed by atoms with E-state index in [0.717, 1.165) is 0 Å². The largest absolute Gasteiger partial charge is 0.478 e. The summed E-state index contributed by atoms with van der Waals surface area (Å²) in [5.74, 6) is 3.34. The molecule has 0 radical (unpaired) electrons. The van der Waals surface area contributed by atoms with E-state index in [1.54, 1.807) is 0 Å². The minimum atomic E-state index is -1.30. The van der Waals surface area contributed by atoms with E-state index in [1.807, 2.05) is 0 Å². The molecule has 0 unspecified atom stereocenters. The molecule has 0 aromatic heterocycles. The molecule has 0 heterocycles. The Hall–Kier alpha value is -3.20. The number of carbonyl (C=O) groups is 1. The van der Waals surface area contributed by atoms with Gasteiger partial charge in [0, 0.05) is 11.6 Å². The van der Waals surface area contributed by atoms with Crippen molar-refractivity contribution < 1.29 is 19.2 Å². The van der Waals surface area contributed by atoms with Gasteiger partial charge in [0.15, 0.2) is 0 Å². The highest BCUT2D eigenvalue weighted by molar-refractivity contribution is 5.92. The first-order valence-electron chi connectivity index (χ1n) is 5.77. The van der Waals surface area contributed by atoms with Crippen molar-refractivity contribution in [1.29, 1.82) is 0 Å². The van der Waals surface area contributed by atoms with Crippen LogP contribution >= 0.6 is 0 Å². The molecule has 0 aliphatic rings. The van der Waals surface area contributed by atoms with Gasteiger partial charge in [-0.25, -0.2) is 9.18 Å². The standard InChI is InChI=1S/C15H8FNO4/c16-11-7-4-10(5-8-11)6-9-12-13(15(18)19)2-1-3-14(12)17(20)21/h1-5,7-8H,(H,18,19). The maximum Gasteiger partial charge on any atom is 0.337 e. The number of nitro groups is 1. The number of rotatable bonds is 2. The van der Waals surface area contributed by atoms with E-state index >= 15 is 0 Å². The van der Waals surface area contributed by atoms with Crippen molar-refractivity contribution in [3.8, 4) is 11.8 Å². The Morgan fingerprint density at radius 3 is 2.38 bits per heavy atom. The van der Waals surface area contributed by atoms with E-state index in [0.29, 0.717) is 5.56 Å². The fourth-order valence-electron chi connectivity index (χ4n) is 1.67. The van der Waals surface area contributed by atoms with E-state index in [1.165, 1.54) is 42.5 Å². The lowest BCUT2D eigenvalue weighted by molar-refractivity contribution is -0.385. The van der Waals surface area contributed by atoms with E-state index in [4.69, 9.17) is 5.11 Å². The van der Waals surface area contributed by atoms with Gasteiger partial charge in [-0.15, -0.1) is 0 Å². The Kier molecular flexibility index (Phi) is 3.95. The SMILES string of the molecule is O=C(O)c1cccc([N+](=O)[O-])c1C#Cc1ccc(F)cc1. The lowest BCUT2D eigenvalue weighted by Gasteiger charge is -2.00. The molecule has 2 aromatic carbocycles. The summed E-state index contributed by atoms with van der Waals surface area (Å²) in [7, 11) is 0. The fourth-order valence-corrected chi connectivity index (χ4v) is 1.67. The summed E-state index contributed by atoms with van der Waals surface area (Å²) >= 11 is 0. The Bertz CT molecular complexity index is 740. The third kappa shape index (κ3) is 3.22. The number of benzene rings is 2. The van der Waals surface area contributed by atoms with Crippen LogP contribution in [-0.4, -0.2) is 16.0 Å². The second-order valence-corrected chi connectivity index (χ2v) is 4.02. The van der Waals surface area contributed by atoms with Crippen LogP contribution < -0.4 is 0 Å². The van der Waals surface area contributed by atoms with Gasteiger partial charge >= 0.3 is 5.97 Å². The molecule has 21 heavy (non-hydrogen) atoms. The highest BCUT2D eigenvalue weighted by Crippen LogP contribution is 2.21. The predicted molar refractivity (Wildman–Crippen MR) is 72.4 cm³/mol. The van der Waals surface area contributed by atoms with Crippen molar-refractivity contribution in [3.05, 3.63) is 75.1 Å². The van der Waals surface area contributed by atoms with Gasteiger partial charge in [0.2, 0.25) is 0 Å². The highest BCUT2D eigenvalue weighted by atomic mass is 19.1. The summed E-state index contributed by atoms with van der Waals surface area (Å²) in [5.41, 5.74) is -0.395. The molecule has 6 heteroatoms. The average Bonchev–Trinajstić information content (AvgIpc) is 2.46. The Labute approximate surface area is 118 Å². The molecule has 0 atom stereocenters. The molecule has 0 aliphatic heterocycles.